The summed E-state index contributed by atoms with van der Waals surface area (Å²) < 4.78 is 0. The summed E-state index contributed by atoms with van der Waals surface area (Å²) in [5.41, 5.74) is 0.544. The first-order chi connectivity index (χ1) is 9.56. The van der Waals surface area contributed by atoms with Crippen LogP contribution in [-0.4, -0.2) is 16.5 Å². The first kappa shape index (κ1) is 14.8. The molecule has 0 aliphatic heterocycles. The topological polar surface area (TPSA) is 68.1 Å². The lowest BCUT2D eigenvalue weighted by Crippen LogP contribution is -2.17. The summed E-state index contributed by atoms with van der Waals surface area (Å²) in [4.78, 5) is 14.6. The molecule has 1 saturated carbocycles. The zero-order chi connectivity index (χ0) is 14.5. The van der Waals surface area contributed by atoms with E-state index in [0.717, 1.165) is 30.6 Å². The van der Waals surface area contributed by atoms with E-state index in [4.69, 9.17) is 0 Å². The molecule has 110 valence electrons. The molecular formula is C15H23N3O2. The molecule has 1 heterocycles. The molecule has 5 nitrogen and oxygen atoms in total. The van der Waals surface area contributed by atoms with Gasteiger partial charge in [0, 0.05) is 12.6 Å². The Hall–Kier alpha value is -1.65. The lowest BCUT2D eigenvalue weighted by atomic mass is 9.81. The van der Waals surface area contributed by atoms with Crippen LogP contribution in [0.1, 0.15) is 44.7 Å². The fourth-order valence-corrected chi connectivity index (χ4v) is 3.07. The molecule has 1 aromatic heterocycles. The molecule has 0 spiro atoms. The number of anilines is 1. The van der Waals surface area contributed by atoms with Crippen molar-refractivity contribution in [3.63, 3.8) is 0 Å². The van der Waals surface area contributed by atoms with Crippen molar-refractivity contribution in [2.45, 2.75) is 46.0 Å². The highest BCUT2D eigenvalue weighted by molar-refractivity contribution is 5.44. The highest BCUT2D eigenvalue weighted by Crippen LogP contribution is 2.30. The monoisotopic (exact) mass is 277 g/mol. The summed E-state index contributed by atoms with van der Waals surface area (Å²) in [5, 5.41) is 14.0. The van der Waals surface area contributed by atoms with E-state index in [9.17, 15) is 10.1 Å². The minimum absolute atomic E-state index is 0.0802. The van der Waals surface area contributed by atoms with Crippen LogP contribution in [0, 0.1) is 28.9 Å². The average Bonchev–Trinajstić information content (AvgIpc) is 2.38. The number of rotatable bonds is 5. The van der Waals surface area contributed by atoms with Gasteiger partial charge in [0.25, 0.3) is 5.69 Å². The number of nitrogens with zero attached hydrogens (tertiary/aromatic N) is 2. The van der Waals surface area contributed by atoms with E-state index in [-0.39, 0.29) is 5.69 Å². The molecule has 1 aliphatic rings. The van der Waals surface area contributed by atoms with Gasteiger partial charge in [0.2, 0.25) is 0 Å². The Bertz CT molecular complexity index is 476. The fraction of sp³-hybridized carbons (Fsp3) is 0.667. The second-order valence-corrected chi connectivity index (χ2v) is 5.91. The quantitative estimate of drug-likeness (QED) is 0.654. The molecule has 0 aromatic carbocycles. The predicted molar refractivity (Wildman–Crippen MR) is 79.9 cm³/mol. The van der Waals surface area contributed by atoms with Gasteiger partial charge in [-0.25, -0.2) is 4.98 Å². The van der Waals surface area contributed by atoms with Crippen LogP contribution in [0.25, 0.3) is 0 Å². The van der Waals surface area contributed by atoms with Gasteiger partial charge in [0.05, 0.1) is 4.92 Å². The van der Waals surface area contributed by atoms with E-state index in [2.05, 4.69) is 17.2 Å². The lowest BCUT2D eigenvalue weighted by Gasteiger charge is -2.26. The van der Waals surface area contributed by atoms with Gasteiger partial charge in [-0.05, 0) is 37.7 Å². The number of hydrogen-bond donors (Lipinski definition) is 1. The van der Waals surface area contributed by atoms with Crippen molar-refractivity contribution < 1.29 is 4.92 Å². The molecular weight excluding hydrogens is 254 g/mol. The van der Waals surface area contributed by atoms with Crippen molar-refractivity contribution in [2.75, 3.05) is 11.9 Å². The summed E-state index contributed by atoms with van der Waals surface area (Å²) >= 11 is 0. The molecule has 0 saturated heterocycles. The van der Waals surface area contributed by atoms with Gasteiger partial charge in [-0.15, -0.1) is 0 Å². The zero-order valence-electron chi connectivity index (χ0n) is 12.3. The number of pyridine rings is 1. The normalized spacial score (nSPS) is 22.5. The Kier molecular flexibility index (Phi) is 4.93. The average molecular weight is 277 g/mol. The summed E-state index contributed by atoms with van der Waals surface area (Å²) in [6.45, 7) is 4.90. The van der Waals surface area contributed by atoms with Gasteiger partial charge in [-0.2, -0.15) is 0 Å². The van der Waals surface area contributed by atoms with Crippen molar-refractivity contribution >= 4 is 11.5 Å². The fourth-order valence-electron chi connectivity index (χ4n) is 3.07. The summed E-state index contributed by atoms with van der Waals surface area (Å²) in [6, 6.07) is 3.21. The first-order valence-corrected chi connectivity index (χ1v) is 7.42. The molecule has 1 fully saturated rings. The maximum atomic E-state index is 10.7. The van der Waals surface area contributed by atoms with E-state index < -0.39 is 4.92 Å². The molecule has 20 heavy (non-hydrogen) atoms. The lowest BCUT2D eigenvalue weighted by molar-refractivity contribution is -0.385. The highest BCUT2D eigenvalue weighted by Gasteiger charge is 2.18. The van der Waals surface area contributed by atoms with Gasteiger partial charge in [-0.1, -0.05) is 26.2 Å². The van der Waals surface area contributed by atoms with Gasteiger partial charge < -0.3 is 5.32 Å². The molecule has 0 bridgehead atoms. The van der Waals surface area contributed by atoms with Crippen molar-refractivity contribution in [1.82, 2.24) is 4.98 Å². The number of aromatic nitrogens is 1. The van der Waals surface area contributed by atoms with Crippen LogP contribution >= 0.6 is 0 Å². The SMILES string of the molecule is Cc1nc(NCCC2CCCC(C)C2)ccc1[N+](=O)[O-]. The summed E-state index contributed by atoms with van der Waals surface area (Å²) in [7, 11) is 0. The third-order valence-corrected chi connectivity index (χ3v) is 4.16. The largest absolute Gasteiger partial charge is 0.370 e. The van der Waals surface area contributed by atoms with Crippen molar-refractivity contribution in [3.05, 3.63) is 27.9 Å². The Morgan fingerprint density at radius 1 is 1.45 bits per heavy atom. The molecule has 5 heteroatoms. The maximum Gasteiger partial charge on any atom is 0.290 e. The van der Waals surface area contributed by atoms with E-state index in [1.54, 1.807) is 13.0 Å². The molecule has 0 radical (unpaired) electrons. The Morgan fingerprint density at radius 3 is 2.90 bits per heavy atom. The Balaban J connectivity index is 1.82. The summed E-state index contributed by atoms with van der Waals surface area (Å²) in [6.07, 6.45) is 6.53. The van der Waals surface area contributed by atoms with E-state index in [0.29, 0.717) is 5.69 Å². The van der Waals surface area contributed by atoms with E-state index in [1.807, 2.05) is 0 Å². The maximum absolute atomic E-state index is 10.7. The molecule has 2 unspecified atom stereocenters. The van der Waals surface area contributed by atoms with Gasteiger partial charge in [0.15, 0.2) is 0 Å². The second kappa shape index (κ2) is 6.68. The van der Waals surface area contributed by atoms with Crippen LogP contribution in [0.4, 0.5) is 11.5 Å². The minimum Gasteiger partial charge on any atom is -0.370 e. The van der Waals surface area contributed by atoms with Crippen molar-refractivity contribution in [2.24, 2.45) is 11.8 Å². The van der Waals surface area contributed by atoms with Crippen molar-refractivity contribution in [3.8, 4) is 0 Å². The van der Waals surface area contributed by atoms with Crippen LogP contribution < -0.4 is 5.32 Å². The van der Waals surface area contributed by atoms with Crippen LogP contribution in [-0.2, 0) is 0 Å². The summed E-state index contributed by atoms with van der Waals surface area (Å²) in [5.74, 6) is 2.40. The third-order valence-electron chi connectivity index (χ3n) is 4.16. The molecule has 0 amide bonds. The molecule has 1 aliphatic carbocycles. The standard InChI is InChI=1S/C15H23N3O2/c1-11-4-3-5-13(10-11)8-9-16-15-7-6-14(18(19)20)12(2)17-15/h6-7,11,13H,3-5,8-10H2,1-2H3,(H,16,17). The number of aryl methyl sites for hydroxylation is 1. The smallest absolute Gasteiger partial charge is 0.290 e. The van der Waals surface area contributed by atoms with Gasteiger partial charge in [-0.3, -0.25) is 10.1 Å². The van der Waals surface area contributed by atoms with Gasteiger partial charge in [0.1, 0.15) is 11.5 Å². The Labute approximate surface area is 119 Å². The third kappa shape index (κ3) is 3.92. The molecule has 1 aromatic rings. The number of nitrogens with one attached hydrogen (secondary N) is 1. The minimum atomic E-state index is -0.393. The number of nitro groups is 1. The molecule has 2 atom stereocenters. The van der Waals surface area contributed by atoms with Crippen LogP contribution in [0.3, 0.4) is 0 Å². The molecule has 1 N–H and O–H groups in total. The Morgan fingerprint density at radius 2 is 2.25 bits per heavy atom. The second-order valence-electron chi connectivity index (χ2n) is 5.91. The predicted octanol–water partition coefficient (Wildman–Crippen LogP) is 3.93. The van der Waals surface area contributed by atoms with Crippen LogP contribution in [0.2, 0.25) is 0 Å². The van der Waals surface area contributed by atoms with Gasteiger partial charge >= 0.3 is 0 Å². The highest BCUT2D eigenvalue weighted by atomic mass is 16.6. The first-order valence-electron chi connectivity index (χ1n) is 7.42. The zero-order valence-corrected chi connectivity index (χ0v) is 12.3. The van der Waals surface area contributed by atoms with Crippen LogP contribution in [0.5, 0.6) is 0 Å². The number of hydrogen-bond acceptors (Lipinski definition) is 4. The molecule has 2 rings (SSSR count). The van der Waals surface area contributed by atoms with E-state index in [1.165, 1.54) is 31.7 Å². The van der Waals surface area contributed by atoms with Crippen molar-refractivity contribution in [1.29, 1.82) is 0 Å². The van der Waals surface area contributed by atoms with Crippen LogP contribution in [0.15, 0.2) is 12.1 Å². The van der Waals surface area contributed by atoms with E-state index >= 15 is 0 Å².